The Morgan fingerprint density at radius 2 is 1.69 bits per heavy atom. The van der Waals surface area contributed by atoms with Gasteiger partial charge in [-0.15, -0.1) is 0 Å². The number of nitrogens with one attached hydrogen (secondary N) is 1. The van der Waals surface area contributed by atoms with Gasteiger partial charge in [-0.05, 0) is 47.4 Å². The number of fused-ring (bicyclic) bond motifs is 3. The Labute approximate surface area is 169 Å². The Balaban J connectivity index is 1.23. The van der Waals surface area contributed by atoms with E-state index in [0.717, 1.165) is 22.0 Å². The van der Waals surface area contributed by atoms with Crippen LogP contribution in [0, 0.1) is 0 Å². The van der Waals surface area contributed by atoms with Gasteiger partial charge in [-0.2, -0.15) is 0 Å². The quantitative estimate of drug-likeness (QED) is 0.746. The van der Waals surface area contributed by atoms with Crippen molar-refractivity contribution in [2.24, 2.45) is 0 Å². The molecule has 146 valence electrons. The maximum absolute atomic E-state index is 12.7. The molecule has 1 saturated heterocycles. The van der Waals surface area contributed by atoms with Crippen molar-refractivity contribution in [3.05, 3.63) is 72.3 Å². The Bertz CT molecular complexity index is 1100. The van der Waals surface area contributed by atoms with Gasteiger partial charge in [0.1, 0.15) is 5.75 Å². The minimum atomic E-state index is -0.507. The molecule has 0 saturated carbocycles. The van der Waals surface area contributed by atoms with Gasteiger partial charge in [-0.1, -0.05) is 48.5 Å². The van der Waals surface area contributed by atoms with Crippen molar-refractivity contribution in [2.45, 2.75) is 18.3 Å². The molecule has 29 heavy (non-hydrogen) atoms. The minimum absolute atomic E-state index is 0.00806. The third kappa shape index (κ3) is 3.03. The van der Waals surface area contributed by atoms with Gasteiger partial charge in [0, 0.05) is 18.8 Å². The molecule has 2 aliphatic heterocycles. The Kier molecular flexibility index (Phi) is 4.23. The van der Waals surface area contributed by atoms with Gasteiger partial charge < -0.3 is 15.0 Å². The molecule has 0 aliphatic carbocycles. The van der Waals surface area contributed by atoms with Crippen molar-refractivity contribution in [2.75, 3.05) is 25.0 Å². The highest BCUT2D eigenvalue weighted by molar-refractivity contribution is 6.06. The Morgan fingerprint density at radius 1 is 0.966 bits per heavy atom. The lowest BCUT2D eigenvalue weighted by atomic mass is 9.73. The third-order valence-electron chi connectivity index (χ3n) is 6.18. The van der Waals surface area contributed by atoms with Crippen molar-refractivity contribution >= 4 is 28.3 Å². The summed E-state index contributed by atoms with van der Waals surface area (Å²) in [6, 6.07) is 21.8. The Hall–Kier alpha value is -3.34. The van der Waals surface area contributed by atoms with E-state index in [9.17, 15) is 9.59 Å². The first-order valence-corrected chi connectivity index (χ1v) is 9.96. The lowest BCUT2D eigenvalue weighted by Gasteiger charge is -2.37. The minimum Gasteiger partial charge on any atom is -0.484 e. The second-order valence-corrected chi connectivity index (χ2v) is 7.76. The van der Waals surface area contributed by atoms with Crippen LogP contribution < -0.4 is 10.1 Å². The number of likely N-dealkylation sites (tertiary alicyclic amines) is 1. The van der Waals surface area contributed by atoms with Crippen molar-refractivity contribution < 1.29 is 14.3 Å². The van der Waals surface area contributed by atoms with Crippen LogP contribution in [0.1, 0.15) is 18.4 Å². The third-order valence-corrected chi connectivity index (χ3v) is 6.18. The summed E-state index contributed by atoms with van der Waals surface area (Å²) in [7, 11) is 0. The average Bonchev–Trinajstić information content (AvgIpc) is 3.03. The topological polar surface area (TPSA) is 58.6 Å². The summed E-state index contributed by atoms with van der Waals surface area (Å²) in [4.78, 5) is 27.1. The van der Waals surface area contributed by atoms with Crippen LogP contribution >= 0.6 is 0 Å². The van der Waals surface area contributed by atoms with Crippen molar-refractivity contribution in [3.8, 4) is 5.75 Å². The van der Waals surface area contributed by atoms with Crippen molar-refractivity contribution in [1.29, 1.82) is 0 Å². The SMILES string of the molecule is O=C(COc1ccc2ccccc2c1)N1CCC2(CC1)C(=O)Nc1ccccc12. The van der Waals surface area contributed by atoms with E-state index in [0.29, 0.717) is 31.7 Å². The zero-order valence-corrected chi connectivity index (χ0v) is 16.1. The molecule has 0 radical (unpaired) electrons. The number of hydrogen-bond donors (Lipinski definition) is 1. The molecule has 1 spiro atoms. The van der Waals surface area contributed by atoms with Gasteiger partial charge >= 0.3 is 0 Å². The van der Waals surface area contributed by atoms with E-state index in [1.54, 1.807) is 4.90 Å². The number of piperidine rings is 1. The highest BCUT2D eigenvalue weighted by Gasteiger charge is 2.48. The standard InChI is InChI=1S/C24H22N2O3/c27-22(16-29-19-10-9-17-5-1-2-6-18(17)15-19)26-13-11-24(12-14-26)20-7-3-4-8-21(20)25-23(24)28/h1-10,15H,11-14,16H2,(H,25,28). The van der Waals surface area contributed by atoms with E-state index < -0.39 is 5.41 Å². The number of anilines is 1. The number of nitrogens with zero attached hydrogens (tertiary/aromatic N) is 1. The normalized spacial score (nSPS) is 17.2. The molecule has 5 rings (SSSR count). The summed E-state index contributed by atoms with van der Waals surface area (Å²) in [6.45, 7) is 1.12. The molecule has 0 atom stereocenters. The second-order valence-electron chi connectivity index (χ2n) is 7.76. The monoisotopic (exact) mass is 386 g/mol. The summed E-state index contributed by atoms with van der Waals surface area (Å²) < 4.78 is 5.75. The first kappa shape index (κ1) is 17.7. The van der Waals surface area contributed by atoms with E-state index >= 15 is 0 Å². The predicted octanol–water partition coefficient (Wildman–Crippen LogP) is 3.73. The lowest BCUT2D eigenvalue weighted by molar-refractivity contribution is -0.137. The molecule has 0 aromatic heterocycles. The molecule has 2 heterocycles. The van der Waals surface area contributed by atoms with Gasteiger partial charge in [0.2, 0.25) is 5.91 Å². The maximum Gasteiger partial charge on any atom is 0.260 e. The fourth-order valence-corrected chi connectivity index (χ4v) is 4.50. The van der Waals surface area contributed by atoms with Crippen LogP contribution in [-0.4, -0.2) is 36.4 Å². The molecule has 1 fully saturated rings. The molecule has 5 heteroatoms. The summed E-state index contributed by atoms with van der Waals surface area (Å²) >= 11 is 0. The number of rotatable bonds is 3. The molecule has 1 N–H and O–H groups in total. The lowest BCUT2D eigenvalue weighted by Crippen LogP contribution is -2.49. The summed E-state index contributed by atoms with van der Waals surface area (Å²) in [5.41, 5.74) is 1.45. The highest BCUT2D eigenvalue weighted by Crippen LogP contribution is 2.44. The number of amides is 2. The fraction of sp³-hybridized carbons (Fsp3) is 0.250. The summed E-state index contributed by atoms with van der Waals surface area (Å²) in [6.07, 6.45) is 1.27. The van der Waals surface area contributed by atoms with E-state index in [4.69, 9.17) is 4.74 Å². The first-order chi connectivity index (χ1) is 14.2. The zero-order valence-electron chi connectivity index (χ0n) is 16.1. The summed E-state index contributed by atoms with van der Waals surface area (Å²) in [5, 5.41) is 5.22. The van der Waals surface area contributed by atoms with E-state index in [2.05, 4.69) is 5.32 Å². The van der Waals surface area contributed by atoms with Gasteiger partial charge in [-0.25, -0.2) is 0 Å². The molecule has 5 nitrogen and oxygen atoms in total. The molecule has 2 amide bonds. The van der Waals surface area contributed by atoms with Crippen LogP contribution in [0.25, 0.3) is 10.8 Å². The van der Waals surface area contributed by atoms with E-state index in [1.165, 1.54) is 0 Å². The number of carbonyl (C=O) groups excluding carboxylic acids is 2. The van der Waals surface area contributed by atoms with E-state index in [-0.39, 0.29) is 18.4 Å². The van der Waals surface area contributed by atoms with Crippen LogP contribution in [0.3, 0.4) is 0 Å². The van der Waals surface area contributed by atoms with Crippen molar-refractivity contribution in [3.63, 3.8) is 0 Å². The Morgan fingerprint density at radius 3 is 2.52 bits per heavy atom. The van der Waals surface area contributed by atoms with Crippen LogP contribution in [-0.2, 0) is 15.0 Å². The smallest absolute Gasteiger partial charge is 0.260 e. The molecule has 0 bridgehead atoms. The molecule has 3 aromatic carbocycles. The van der Waals surface area contributed by atoms with Gasteiger partial charge in [0.05, 0.1) is 5.41 Å². The van der Waals surface area contributed by atoms with Crippen LogP contribution in [0.5, 0.6) is 5.75 Å². The molecule has 3 aromatic rings. The molecule has 0 unspecified atom stereocenters. The van der Waals surface area contributed by atoms with Crippen LogP contribution in [0.4, 0.5) is 5.69 Å². The van der Waals surface area contributed by atoms with Crippen LogP contribution in [0.2, 0.25) is 0 Å². The molecule has 2 aliphatic rings. The first-order valence-electron chi connectivity index (χ1n) is 9.96. The van der Waals surface area contributed by atoms with Gasteiger partial charge in [0.25, 0.3) is 5.91 Å². The number of carbonyl (C=O) groups is 2. The van der Waals surface area contributed by atoms with Gasteiger partial charge in [0.15, 0.2) is 6.61 Å². The second kappa shape index (κ2) is 6.92. The van der Waals surface area contributed by atoms with Gasteiger partial charge in [-0.3, -0.25) is 9.59 Å². The average molecular weight is 386 g/mol. The van der Waals surface area contributed by atoms with Crippen LogP contribution in [0.15, 0.2) is 66.7 Å². The summed E-state index contributed by atoms with van der Waals surface area (Å²) in [5.74, 6) is 0.701. The number of ether oxygens (including phenoxy) is 1. The largest absolute Gasteiger partial charge is 0.484 e. The zero-order chi connectivity index (χ0) is 19.8. The fourth-order valence-electron chi connectivity index (χ4n) is 4.50. The number of para-hydroxylation sites is 1. The maximum atomic E-state index is 12.7. The predicted molar refractivity (Wildman–Crippen MR) is 112 cm³/mol. The van der Waals surface area contributed by atoms with Crippen molar-refractivity contribution in [1.82, 2.24) is 4.90 Å². The molecular weight excluding hydrogens is 364 g/mol. The number of hydrogen-bond acceptors (Lipinski definition) is 3. The highest BCUT2D eigenvalue weighted by atomic mass is 16.5. The van der Waals surface area contributed by atoms with E-state index in [1.807, 2.05) is 66.7 Å². The molecular formula is C24H22N2O3. The number of benzene rings is 3.